The van der Waals surface area contributed by atoms with E-state index >= 15 is 0 Å². The van der Waals surface area contributed by atoms with Gasteiger partial charge in [-0.2, -0.15) is 5.10 Å². The van der Waals surface area contributed by atoms with Crippen LogP contribution in [0.15, 0.2) is 73.2 Å². The number of nitrogens with one attached hydrogen (secondary N) is 3. The quantitative estimate of drug-likeness (QED) is 0.145. The molecule has 0 saturated heterocycles. The number of likely N-dealkylation sites (N-methyl/N-ethyl adjacent to an activating group) is 1. The van der Waals surface area contributed by atoms with Gasteiger partial charge in [-0.05, 0) is 92.5 Å². The molecule has 0 unspecified atom stereocenters. The van der Waals surface area contributed by atoms with Crippen molar-refractivity contribution < 1.29 is 9.13 Å². The van der Waals surface area contributed by atoms with Gasteiger partial charge in [-0.15, -0.1) is 0 Å². The highest BCUT2D eigenvalue weighted by atomic mass is 19.1. The van der Waals surface area contributed by atoms with Crippen molar-refractivity contribution in [2.24, 2.45) is 5.92 Å². The summed E-state index contributed by atoms with van der Waals surface area (Å²) >= 11 is 0. The van der Waals surface area contributed by atoms with Crippen molar-refractivity contribution in [3.05, 3.63) is 84.6 Å². The van der Waals surface area contributed by atoms with E-state index in [1.165, 1.54) is 31.7 Å². The van der Waals surface area contributed by atoms with E-state index < -0.39 is 0 Å². The van der Waals surface area contributed by atoms with Gasteiger partial charge >= 0.3 is 0 Å². The number of aromatic nitrogens is 5. The summed E-state index contributed by atoms with van der Waals surface area (Å²) < 4.78 is 20.6. The van der Waals surface area contributed by atoms with E-state index in [0.717, 1.165) is 81.0 Å². The summed E-state index contributed by atoms with van der Waals surface area (Å²) in [5, 5.41) is 13.2. The molecule has 0 aliphatic heterocycles. The first-order valence-corrected chi connectivity index (χ1v) is 15.7. The SMILES string of the molecule is CN(C)CCOc1cc(F)cc(-c2cccc3[nH]c(-c4[nH]nc5ncc(-c6cncc(CNCC7CCCC7)c6)cc45)cc23)c1. The second kappa shape index (κ2) is 12.8. The lowest BCUT2D eigenvalue weighted by molar-refractivity contribution is 0.260. The zero-order valence-corrected chi connectivity index (χ0v) is 25.7. The minimum absolute atomic E-state index is 0.332. The summed E-state index contributed by atoms with van der Waals surface area (Å²) in [6.45, 7) is 3.09. The maximum absolute atomic E-state index is 14.7. The Morgan fingerprint density at radius 1 is 0.956 bits per heavy atom. The topological polar surface area (TPSA) is 94.8 Å². The largest absolute Gasteiger partial charge is 0.492 e. The summed E-state index contributed by atoms with van der Waals surface area (Å²) in [5.74, 6) is 0.980. The first-order valence-electron chi connectivity index (χ1n) is 15.7. The predicted molar refractivity (Wildman–Crippen MR) is 178 cm³/mol. The van der Waals surface area contributed by atoms with Gasteiger partial charge in [0.05, 0.1) is 11.4 Å². The van der Waals surface area contributed by atoms with Gasteiger partial charge in [0.1, 0.15) is 18.2 Å². The summed E-state index contributed by atoms with van der Waals surface area (Å²) in [7, 11) is 3.96. The van der Waals surface area contributed by atoms with Crippen LogP contribution in [0, 0.1) is 11.7 Å². The smallest absolute Gasteiger partial charge is 0.181 e. The Hall–Kier alpha value is -4.60. The van der Waals surface area contributed by atoms with Crippen LogP contribution < -0.4 is 10.1 Å². The molecule has 8 nitrogen and oxygen atoms in total. The second-order valence-electron chi connectivity index (χ2n) is 12.3. The highest BCUT2D eigenvalue weighted by Gasteiger charge is 2.17. The fourth-order valence-corrected chi connectivity index (χ4v) is 6.33. The van der Waals surface area contributed by atoms with Gasteiger partial charge in [0.25, 0.3) is 0 Å². The van der Waals surface area contributed by atoms with E-state index in [9.17, 15) is 4.39 Å². The van der Waals surface area contributed by atoms with Crippen molar-refractivity contribution >= 4 is 21.9 Å². The van der Waals surface area contributed by atoms with Crippen molar-refractivity contribution in [1.82, 2.24) is 35.4 Å². The van der Waals surface area contributed by atoms with E-state index in [4.69, 9.17) is 4.74 Å². The van der Waals surface area contributed by atoms with Crippen LogP contribution in [0.4, 0.5) is 4.39 Å². The molecule has 1 aliphatic carbocycles. The molecule has 4 aromatic heterocycles. The van der Waals surface area contributed by atoms with Crippen LogP contribution in [0.3, 0.4) is 0 Å². The first-order chi connectivity index (χ1) is 22.0. The number of benzene rings is 2. The molecule has 6 aromatic rings. The molecule has 7 rings (SSSR count). The van der Waals surface area contributed by atoms with Crippen molar-refractivity contribution in [3.8, 4) is 39.4 Å². The third kappa shape index (κ3) is 6.45. The van der Waals surface area contributed by atoms with Crippen LogP contribution in [0.25, 0.3) is 55.6 Å². The maximum Gasteiger partial charge on any atom is 0.181 e. The molecule has 230 valence electrons. The monoisotopic (exact) mass is 603 g/mol. The number of nitrogens with zero attached hydrogens (tertiary/aromatic N) is 4. The molecular weight excluding hydrogens is 565 g/mol. The third-order valence-corrected chi connectivity index (χ3v) is 8.70. The van der Waals surface area contributed by atoms with Crippen LogP contribution in [0.5, 0.6) is 5.75 Å². The zero-order valence-electron chi connectivity index (χ0n) is 25.7. The Kier molecular flexibility index (Phi) is 8.28. The molecule has 9 heteroatoms. The van der Waals surface area contributed by atoms with Crippen LogP contribution in [-0.4, -0.2) is 63.8 Å². The number of hydrogen-bond acceptors (Lipinski definition) is 6. The fraction of sp³-hybridized carbons (Fsp3) is 0.306. The first kappa shape index (κ1) is 29.1. The maximum atomic E-state index is 14.7. The van der Waals surface area contributed by atoms with Gasteiger partial charge < -0.3 is 19.9 Å². The molecule has 1 saturated carbocycles. The van der Waals surface area contributed by atoms with Gasteiger partial charge in [0.2, 0.25) is 0 Å². The molecule has 1 fully saturated rings. The molecular formula is C36H38FN7O. The highest BCUT2D eigenvalue weighted by molar-refractivity contribution is 6.01. The number of ether oxygens (including phenoxy) is 1. The summed E-state index contributed by atoms with van der Waals surface area (Å²) in [5.41, 5.74) is 8.13. The van der Waals surface area contributed by atoms with Gasteiger partial charge in [-0.3, -0.25) is 10.1 Å². The molecule has 4 heterocycles. The Morgan fingerprint density at radius 2 is 1.82 bits per heavy atom. The molecule has 45 heavy (non-hydrogen) atoms. The molecule has 1 aliphatic rings. The molecule has 0 amide bonds. The molecule has 3 N–H and O–H groups in total. The highest BCUT2D eigenvalue weighted by Crippen LogP contribution is 2.36. The summed E-state index contributed by atoms with van der Waals surface area (Å²) in [6, 6.07) is 17.3. The van der Waals surface area contributed by atoms with Crippen LogP contribution in [-0.2, 0) is 6.54 Å². The minimum atomic E-state index is -0.332. The number of pyridine rings is 2. The van der Waals surface area contributed by atoms with Crippen LogP contribution in [0.1, 0.15) is 31.2 Å². The molecule has 0 bridgehead atoms. The Labute approximate surface area is 262 Å². The van der Waals surface area contributed by atoms with Crippen molar-refractivity contribution in [2.45, 2.75) is 32.2 Å². The van der Waals surface area contributed by atoms with E-state index in [1.54, 1.807) is 6.07 Å². The van der Waals surface area contributed by atoms with Gasteiger partial charge in [-0.25, -0.2) is 9.37 Å². The fourth-order valence-electron chi connectivity index (χ4n) is 6.33. The molecule has 0 radical (unpaired) electrons. The van der Waals surface area contributed by atoms with Crippen molar-refractivity contribution in [3.63, 3.8) is 0 Å². The molecule has 2 aromatic carbocycles. The lowest BCUT2D eigenvalue weighted by atomic mass is 10.0. The Morgan fingerprint density at radius 3 is 2.69 bits per heavy atom. The van der Waals surface area contributed by atoms with Crippen LogP contribution >= 0.6 is 0 Å². The second-order valence-corrected chi connectivity index (χ2v) is 12.3. The number of H-pyrrole nitrogens is 2. The average Bonchev–Trinajstić information content (AvgIpc) is 3.80. The van der Waals surface area contributed by atoms with Gasteiger partial charge in [0.15, 0.2) is 5.65 Å². The summed E-state index contributed by atoms with van der Waals surface area (Å²) in [6.07, 6.45) is 11.0. The van der Waals surface area contributed by atoms with Gasteiger partial charge in [-0.1, -0.05) is 25.0 Å². The predicted octanol–water partition coefficient (Wildman–Crippen LogP) is 7.19. The van der Waals surface area contributed by atoms with Crippen LogP contribution in [0.2, 0.25) is 0 Å². The number of aromatic amines is 2. The third-order valence-electron chi connectivity index (χ3n) is 8.70. The van der Waals surface area contributed by atoms with Crippen molar-refractivity contribution in [2.75, 3.05) is 33.8 Å². The zero-order chi connectivity index (χ0) is 30.8. The number of halogens is 1. The Balaban J connectivity index is 1.17. The molecule has 0 atom stereocenters. The van der Waals surface area contributed by atoms with E-state index in [1.807, 2.05) is 61.9 Å². The lowest BCUT2D eigenvalue weighted by Crippen LogP contribution is -2.20. The number of rotatable bonds is 11. The number of hydrogen-bond donors (Lipinski definition) is 3. The van der Waals surface area contributed by atoms with E-state index in [-0.39, 0.29) is 5.82 Å². The average molecular weight is 604 g/mol. The minimum Gasteiger partial charge on any atom is -0.492 e. The standard InChI is InChI=1S/C36H38FN7O/c1-44(2)10-11-45-29-14-25(13-28(37)16-29)30-8-5-9-33-31(30)17-34(41-33)35-32-15-27(22-40-36(32)43-42-35)26-12-24(20-39-21-26)19-38-18-23-6-3-4-7-23/h5,8-9,12-17,20-23,38,41H,3-4,6-7,10-11,18-19H2,1-2H3,(H,40,42,43). The Bertz CT molecular complexity index is 1940. The van der Waals surface area contributed by atoms with E-state index in [2.05, 4.69) is 48.7 Å². The molecule has 0 spiro atoms. The van der Waals surface area contributed by atoms with Gasteiger partial charge in [0, 0.05) is 65.2 Å². The summed E-state index contributed by atoms with van der Waals surface area (Å²) in [4.78, 5) is 14.8. The number of fused-ring (bicyclic) bond motifs is 2. The van der Waals surface area contributed by atoms with E-state index in [0.29, 0.717) is 18.0 Å². The normalized spacial score (nSPS) is 13.9. The lowest BCUT2D eigenvalue weighted by Gasteiger charge is -2.12. The van der Waals surface area contributed by atoms with Crippen molar-refractivity contribution in [1.29, 1.82) is 0 Å².